The molecule has 10 nitrogen and oxygen atoms in total. The Morgan fingerprint density at radius 2 is 1.69 bits per heavy atom. The van der Waals surface area contributed by atoms with Crippen molar-refractivity contribution in [1.82, 2.24) is 15.6 Å². The standard InChI is InChI=1S/C24H25N4O6P/c1-4-31-35(30,32-5-2)24-23(33-22(25-24)18-13-11-16(3)12-14-18)27-26-21(29)19-15-20(34-28-19)17-9-7-6-8-10-17/h6-15,27H,4-5H2,1-3H3,(H,26,29). The third kappa shape index (κ3) is 5.51. The molecular formula is C24H25N4O6P. The van der Waals surface area contributed by atoms with E-state index in [0.717, 1.165) is 11.1 Å². The number of benzene rings is 2. The smallest absolute Gasteiger partial charge is 0.385 e. The number of hydrogen-bond acceptors (Lipinski definition) is 9. The largest absolute Gasteiger partial charge is 0.418 e. The number of nitrogens with zero attached hydrogens (tertiary/aromatic N) is 2. The zero-order valence-electron chi connectivity index (χ0n) is 19.5. The van der Waals surface area contributed by atoms with Crippen molar-refractivity contribution >= 4 is 24.8 Å². The minimum absolute atomic E-state index is 0.0361. The van der Waals surface area contributed by atoms with Crippen LogP contribution in [0.15, 0.2) is 69.6 Å². The van der Waals surface area contributed by atoms with E-state index in [0.29, 0.717) is 11.3 Å². The van der Waals surface area contributed by atoms with Gasteiger partial charge in [-0.15, -0.1) is 0 Å². The fourth-order valence-electron chi connectivity index (χ4n) is 3.20. The van der Waals surface area contributed by atoms with E-state index in [2.05, 4.69) is 21.0 Å². The molecule has 182 valence electrons. The van der Waals surface area contributed by atoms with Crippen molar-refractivity contribution in [3.8, 4) is 22.8 Å². The highest BCUT2D eigenvalue weighted by Gasteiger charge is 2.36. The van der Waals surface area contributed by atoms with Crippen LogP contribution in [0.1, 0.15) is 29.9 Å². The number of carbonyl (C=O) groups excluding carboxylic acids is 1. The number of amides is 1. The molecule has 0 aliphatic heterocycles. The summed E-state index contributed by atoms with van der Waals surface area (Å²) in [4.78, 5) is 17.1. The van der Waals surface area contributed by atoms with Crippen LogP contribution < -0.4 is 16.3 Å². The third-order valence-electron chi connectivity index (χ3n) is 4.86. The van der Waals surface area contributed by atoms with Crippen molar-refractivity contribution in [3.63, 3.8) is 0 Å². The Morgan fingerprint density at radius 1 is 1.00 bits per heavy atom. The number of aromatic nitrogens is 2. The predicted octanol–water partition coefficient (Wildman–Crippen LogP) is 4.95. The first-order chi connectivity index (χ1) is 16.9. The van der Waals surface area contributed by atoms with Crippen LogP contribution in [-0.4, -0.2) is 29.3 Å². The van der Waals surface area contributed by atoms with Crippen LogP contribution in [0.5, 0.6) is 0 Å². The van der Waals surface area contributed by atoms with Gasteiger partial charge < -0.3 is 18.0 Å². The van der Waals surface area contributed by atoms with Gasteiger partial charge in [-0.25, -0.2) is 0 Å². The van der Waals surface area contributed by atoms with Crippen molar-refractivity contribution < 1.29 is 27.3 Å². The monoisotopic (exact) mass is 496 g/mol. The summed E-state index contributed by atoms with van der Waals surface area (Å²) in [5, 5.41) is 3.82. The van der Waals surface area contributed by atoms with Gasteiger partial charge in [0.2, 0.25) is 17.2 Å². The molecule has 4 aromatic rings. The van der Waals surface area contributed by atoms with Crippen molar-refractivity contribution in [3.05, 3.63) is 71.9 Å². The van der Waals surface area contributed by atoms with E-state index in [-0.39, 0.29) is 36.1 Å². The molecule has 0 saturated heterocycles. The number of aryl methyl sites for hydroxylation is 1. The zero-order chi connectivity index (χ0) is 24.8. The fourth-order valence-corrected chi connectivity index (χ4v) is 4.76. The summed E-state index contributed by atoms with van der Waals surface area (Å²) in [6.07, 6.45) is 0. The summed E-state index contributed by atoms with van der Waals surface area (Å²) >= 11 is 0. The Labute approximate surface area is 202 Å². The highest BCUT2D eigenvalue weighted by molar-refractivity contribution is 7.62. The first kappa shape index (κ1) is 24.4. The number of hydrazine groups is 1. The van der Waals surface area contributed by atoms with Gasteiger partial charge in [-0.2, -0.15) is 4.98 Å². The van der Waals surface area contributed by atoms with Crippen LogP contribution in [0.25, 0.3) is 22.8 Å². The molecular weight excluding hydrogens is 471 g/mol. The van der Waals surface area contributed by atoms with Crippen molar-refractivity contribution in [1.29, 1.82) is 0 Å². The molecule has 2 heterocycles. The number of hydrogen-bond donors (Lipinski definition) is 2. The van der Waals surface area contributed by atoms with E-state index in [1.54, 1.807) is 13.8 Å². The summed E-state index contributed by atoms with van der Waals surface area (Å²) in [5.74, 6) is -0.0529. The van der Waals surface area contributed by atoms with Gasteiger partial charge >= 0.3 is 7.60 Å². The molecule has 35 heavy (non-hydrogen) atoms. The molecule has 2 aromatic carbocycles. The van der Waals surface area contributed by atoms with E-state index in [1.165, 1.54) is 6.07 Å². The summed E-state index contributed by atoms with van der Waals surface area (Å²) in [5.41, 5.74) is 7.56. The lowest BCUT2D eigenvalue weighted by Crippen LogP contribution is -2.31. The van der Waals surface area contributed by atoms with Crippen LogP contribution in [-0.2, 0) is 13.6 Å². The molecule has 2 N–H and O–H groups in total. The molecule has 4 rings (SSSR count). The van der Waals surface area contributed by atoms with Crippen molar-refractivity contribution in [2.75, 3.05) is 18.6 Å². The molecule has 0 bridgehead atoms. The van der Waals surface area contributed by atoms with Crippen molar-refractivity contribution in [2.45, 2.75) is 20.8 Å². The second-order valence-electron chi connectivity index (χ2n) is 7.39. The fraction of sp³-hybridized carbons (Fsp3) is 0.208. The Hall–Kier alpha value is -3.72. The predicted molar refractivity (Wildman–Crippen MR) is 130 cm³/mol. The van der Waals surface area contributed by atoms with Gasteiger partial charge in [0.05, 0.1) is 13.2 Å². The van der Waals surface area contributed by atoms with Gasteiger partial charge in [-0.05, 0) is 32.9 Å². The second-order valence-corrected chi connectivity index (χ2v) is 9.33. The summed E-state index contributed by atoms with van der Waals surface area (Å²) < 4.78 is 35.4. The van der Waals surface area contributed by atoms with E-state index >= 15 is 0 Å². The number of carbonyl (C=O) groups is 1. The van der Waals surface area contributed by atoms with E-state index in [4.69, 9.17) is 18.0 Å². The van der Waals surface area contributed by atoms with Gasteiger partial charge in [0, 0.05) is 17.2 Å². The third-order valence-corrected chi connectivity index (χ3v) is 6.87. The molecule has 2 aromatic heterocycles. The van der Waals surface area contributed by atoms with Gasteiger partial charge in [0.25, 0.3) is 5.91 Å². The second kappa shape index (κ2) is 10.7. The highest BCUT2D eigenvalue weighted by Crippen LogP contribution is 2.49. The van der Waals surface area contributed by atoms with Gasteiger partial charge in [0.1, 0.15) is 0 Å². The van der Waals surface area contributed by atoms with E-state index in [9.17, 15) is 9.36 Å². The average Bonchev–Trinajstić information content (AvgIpc) is 3.52. The highest BCUT2D eigenvalue weighted by atomic mass is 31.2. The topological polar surface area (TPSA) is 129 Å². The summed E-state index contributed by atoms with van der Waals surface area (Å²) in [6, 6.07) is 18.2. The molecule has 0 unspecified atom stereocenters. The van der Waals surface area contributed by atoms with Crippen LogP contribution in [0.4, 0.5) is 5.88 Å². The summed E-state index contributed by atoms with van der Waals surface area (Å²) in [6.45, 7) is 5.58. The van der Waals surface area contributed by atoms with Crippen LogP contribution >= 0.6 is 7.60 Å². The Kier molecular flexibility index (Phi) is 7.45. The average molecular weight is 496 g/mol. The molecule has 0 fully saturated rings. The molecule has 0 saturated carbocycles. The van der Waals surface area contributed by atoms with Crippen LogP contribution in [0, 0.1) is 6.92 Å². The van der Waals surface area contributed by atoms with E-state index in [1.807, 2.05) is 61.5 Å². The SMILES string of the molecule is CCOP(=O)(OCC)c1nc(-c2ccc(C)cc2)oc1NNC(=O)c1cc(-c2ccccc2)on1. The quantitative estimate of drug-likeness (QED) is 0.231. The molecule has 0 radical (unpaired) electrons. The number of nitrogens with one attached hydrogen (secondary N) is 2. The zero-order valence-corrected chi connectivity index (χ0v) is 20.4. The van der Waals surface area contributed by atoms with Gasteiger partial charge in [-0.3, -0.25) is 20.2 Å². The Balaban J connectivity index is 1.60. The minimum atomic E-state index is -3.84. The maximum absolute atomic E-state index is 13.5. The van der Waals surface area contributed by atoms with E-state index < -0.39 is 13.5 Å². The van der Waals surface area contributed by atoms with Gasteiger partial charge in [0.15, 0.2) is 11.5 Å². The normalized spacial score (nSPS) is 11.4. The van der Waals surface area contributed by atoms with Crippen LogP contribution in [0.2, 0.25) is 0 Å². The van der Waals surface area contributed by atoms with Crippen LogP contribution in [0.3, 0.4) is 0 Å². The maximum atomic E-state index is 13.5. The lowest BCUT2D eigenvalue weighted by atomic mass is 10.1. The van der Waals surface area contributed by atoms with Gasteiger partial charge in [-0.1, -0.05) is 53.2 Å². The molecule has 0 atom stereocenters. The number of oxazole rings is 1. The molecule has 0 spiro atoms. The lowest BCUT2D eigenvalue weighted by Gasteiger charge is -2.15. The van der Waals surface area contributed by atoms with Crippen molar-refractivity contribution in [2.24, 2.45) is 0 Å². The molecule has 11 heteroatoms. The molecule has 0 aliphatic carbocycles. The molecule has 1 amide bonds. The molecule has 0 aliphatic rings. The lowest BCUT2D eigenvalue weighted by molar-refractivity contribution is 0.0952. The number of anilines is 1. The Morgan fingerprint density at radius 3 is 2.34 bits per heavy atom. The first-order valence-electron chi connectivity index (χ1n) is 11.0. The summed E-state index contributed by atoms with van der Waals surface area (Å²) in [7, 11) is -3.84. The minimum Gasteiger partial charge on any atom is -0.418 e. The maximum Gasteiger partial charge on any atom is 0.385 e. The number of rotatable bonds is 10. The Bertz CT molecular complexity index is 1320. The first-order valence-corrected chi connectivity index (χ1v) is 12.5.